The molecular weight excluding hydrogens is 426 g/mol. The molecule has 2 aromatic carbocycles. The highest BCUT2D eigenvalue weighted by Gasteiger charge is 2.28. The third-order valence-electron chi connectivity index (χ3n) is 5.57. The fourth-order valence-corrected chi connectivity index (χ4v) is 5.18. The maximum absolute atomic E-state index is 13.0. The molecular formula is C23H27N5O3S. The van der Waals surface area contributed by atoms with Gasteiger partial charge < -0.3 is 10.2 Å². The molecule has 1 saturated heterocycles. The molecule has 0 atom stereocenters. The Morgan fingerprint density at radius 3 is 2.53 bits per heavy atom. The van der Waals surface area contributed by atoms with Crippen LogP contribution in [0.15, 0.2) is 65.7 Å². The van der Waals surface area contributed by atoms with Gasteiger partial charge in [0.15, 0.2) is 0 Å². The number of hydrogen-bond donors (Lipinski definition) is 1. The van der Waals surface area contributed by atoms with Gasteiger partial charge in [0.25, 0.3) is 5.91 Å². The van der Waals surface area contributed by atoms with E-state index in [1.165, 1.54) is 16.4 Å². The highest BCUT2D eigenvalue weighted by molar-refractivity contribution is 7.89. The number of nitrogens with zero attached hydrogens (tertiary/aromatic N) is 4. The van der Waals surface area contributed by atoms with Gasteiger partial charge >= 0.3 is 0 Å². The summed E-state index contributed by atoms with van der Waals surface area (Å²) in [7, 11) is -1.68. The van der Waals surface area contributed by atoms with Crippen molar-refractivity contribution < 1.29 is 13.2 Å². The number of piperazine rings is 1. The minimum Gasteiger partial charge on any atom is -0.307 e. The molecule has 3 aromatic rings. The largest absolute Gasteiger partial charge is 0.307 e. The van der Waals surface area contributed by atoms with Crippen LogP contribution in [0.1, 0.15) is 21.5 Å². The summed E-state index contributed by atoms with van der Waals surface area (Å²) in [6.07, 6.45) is 1.62. The molecule has 0 unspecified atom stereocenters. The number of aromatic nitrogens is 2. The predicted octanol–water partition coefficient (Wildman–Crippen LogP) is 2.43. The molecule has 1 fully saturated rings. The molecule has 0 saturated carbocycles. The zero-order valence-electron chi connectivity index (χ0n) is 18.2. The summed E-state index contributed by atoms with van der Waals surface area (Å²) in [6, 6.07) is 16.0. The molecule has 0 spiro atoms. The Bertz CT molecular complexity index is 1210. The fraction of sp³-hybridized carbons (Fsp3) is 0.304. The minimum absolute atomic E-state index is 0.128. The molecule has 1 amide bonds. The lowest BCUT2D eigenvalue weighted by atomic mass is 10.1. The number of rotatable bonds is 6. The quantitative estimate of drug-likeness (QED) is 0.619. The number of anilines is 1. The van der Waals surface area contributed by atoms with Crippen LogP contribution in [0.4, 0.5) is 5.82 Å². The van der Waals surface area contributed by atoms with Gasteiger partial charge in [-0.15, -0.1) is 0 Å². The van der Waals surface area contributed by atoms with E-state index >= 15 is 0 Å². The first kappa shape index (κ1) is 22.2. The average molecular weight is 454 g/mol. The van der Waals surface area contributed by atoms with Gasteiger partial charge in [-0.05, 0) is 37.7 Å². The van der Waals surface area contributed by atoms with Crippen LogP contribution in [-0.2, 0) is 16.6 Å². The highest BCUT2D eigenvalue weighted by Crippen LogP contribution is 2.20. The van der Waals surface area contributed by atoms with Crippen molar-refractivity contribution in [3.05, 3.63) is 77.5 Å². The SMILES string of the molecule is Cc1cccc(Cn2nccc2NC(=O)c2cccc(S(=O)(=O)N3CCN(C)CC3)c2)c1. The first-order valence-electron chi connectivity index (χ1n) is 10.5. The predicted molar refractivity (Wildman–Crippen MR) is 123 cm³/mol. The molecule has 168 valence electrons. The Kier molecular flexibility index (Phi) is 6.40. The molecule has 0 bridgehead atoms. The first-order chi connectivity index (χ1) is 15.3. The van der Waals surface area contributed by atoms with Crippen molar-refractivity contribution >= 4 is 21.7 Å². The van der Waals surface area contributed by atoms with Gasteiger partial charge in [0, 0.05) is 37.8 Å². The van der Waals surface area contributed by atoms with Gasteiger partial charge in [0.2, 0.25) is 10.0 Å². The molecule has 9 heteroatoms. The van der Waals surface area contributed by atoms with E-state index in [9.17, 15) is 13.2 Å². The second-order valence-corrected chi connectivity index (χ2v) is 9.99. The lowest BCUT2D eigenvalue weighted by Gasteiger charge is -2.31. The summed E-state index contributed by atoms with van der Waals surface area (Å²) < 4.78 is 29.2. The zero-order chi connectivity index (χ0) is 22.7. The van der Waals surface area contributed by atoms with Crippen LogP contribution < -0.4 is 5.32 Å². The Hall–Kier alpha value is -3.01. The number of sulfonamides is 1. The summed E-state index contributed by atoms with van der Waals surface area (Å²) in [5.41, 5.74) is 2.51. The van der Waals surface area contributed by atoms with Crippen molar-refractivity contribution in [3.8, 4) is 0 Å². The summed E-state index contributed by atoms with van der Waals surface area (Å²) in [5, 5.41) is 7.16. The van der Waals surface area contributed by atoms with Crippen molar-refractivity contribution in [2.24, 2.45) is 0 Å². The van der Waals surface area contributed by atoms with E-state index in [1.807, 2.05) is 32.2 Å². The summed E-state index contributed by atoms with van der Waals surface area (Å²) in [5.74, 6) is 0.162. The van der Waals surface area contributed by atoms with Crippen molar-refractivity contribution in [1.29, 1.82) is 0 Å². The van der Waals surface area contributed by atoms with Crippen molar-refractivity contribution in [2.45, 2.75) is 18.4 Å². The highest BCUT2D eigenvalue weighted by atomic mass is 32.2. The lowest BCUT2D eigenvalue weighted by molar-refractivity contribution is 0.102. The number of aryl methyl sites for hydroxylation is 1. The monoisotopic (exact) mass is 453 g/mol. The van der Waals surface area contributed by atoms with E-state index in [1.54, 1.807) is 29.1 Å². The average Bonchev–Trinajstić information content (AvgIpc) is 3.20. The van der Waals surface area contributed by atoms with Gasteiger partial charge in [-0.25, -0.2) is 13.1 Å². The Balaban J connectivity index is 1.50. The normalized spacial score (nSPS) is 15.6. The van der Waals surface area contributed by atoms with E-state index in [4.69, 9.17) is 0 Å². The standard InChI is InChI=1S/C23H27N5O3S/c1-18-5-3-6-19(15-18)17-28-22(9-10-24-28)25-23(29)20-7-4-8-21(16-20)32(30,31)27-13-11-26(2)12-14-27/h3-10,15-16H,11-14,17H2,1-2H3,(H,25,29). The Labute approximate surface area is 188 Å². The van der Waals surface area contributed by atoms with Gasteiger partial charge in [0.1, 0.15) is 5.82 Å². The second kappa shape index (κ2) is 9.23. The first-order valence-corrected chi connectivity index (χ1v) is 11.9. The van der Waals surface area contributed by atoms with Crippen LogP contribution >= 0.6 is 0 Å². The van der Waals surface area contributed by atoms with Gasteiger partial charge in [-0.3, -0.25) is 4.79 Å². The second-order valence-electron chi connectivity index (χ2n) is 8.05. The number of hydrogen-bond acceptors (Lipinski definition) is 5. The number of nitrogens with one attached hydrogen (secondary N) is 1. The van der Waals surface area contributed by atoms with Gasteiger partial charge in [-0.2, -0.15) is 9.40 Å². The van der Waals surface area contributed by atoms with Crippen LogP contribution in [-0.4, -0.2) is 66.5 Å². The molecule has 0 aliphatic carbocycles. The molecule has 8 nitrogen and oxygen atoms in total. The number of benzene rings is 2. The molecule has 1 aliphatic rings. The lowest BCUT2D eigenvalue weighted by Crippen LogP contribution is -2.47. The van der Waals surface area contributed by atoms with Crippen LogP contribution in [0, 0.1) is 6.92 Å². The molecule has 1 aliphatic heterocycles. The van der Waals surface area contributed by atoms with Gasteiger partial charge in [-0.1, -0.05) is 35.9 Å². The van der Waals surface area contributed by atoms with E-state index in [-0.39, 0.29) is 16.4 Å². The number of amides is 1. The minimum atomic E-state index is -3.65. The van der Waals surface area contributed by atoms with Crippen LogP contribution in [0.5, 0.6) is 0 Å². The number of likely N-dealkylation sites (N-methyl/N-ethyl adjacent to an activating group) is 1. The molecule has 32 heavy (non-hydrogen) atoms. The third-order valence-corrected chi connectivity index (χ3v) is 7.46. The summed E-state index contributed by atoms with van der Waals surface area (Å²) >= 11 is 0. The molecule has 1 N–H and O–H groups in total. The van der Waals surface area contributed by atoms with E-state index in [0.29, 0.717) is 38.5 Å². The third kappa shape index (κ3) is 4.90. The maximum atomic E-state index is 13.0. The van der Waals surface area contributed by atoms with Crippen LogP contribution in [0.2, 0.25) is 0 Å². The van der Waals surface area contributed by atoms with Crippen molar-refractivity contribution in [1.82, 2.24) is 19.0 Å². The van der Waals surface area contributed by atoms with E-state index < -0.39 is 10.0 Å². The number of carbonyl (C=O) groups is 1. The molecule has 4 rings (SSSR count). The van der Waals surface area contributed by atoms with E-state index in [2.05, 4.69) is 21.4 Å². The maximum Gasteiger partial charge on any atom is 0.256 e. The van der Waals surface area contributed by atoms with Gasteiger partial charge in [0.05, 0.1) is 17.6 Å². The van der Waals surface area contributed by atoms with Crippen molar-refractivity contribution in [3.63, 3.8) is 0 Å². The van der Waals surface area contributed by atoms with Crippen LogP contribution in [0.25, 0.3) is 0 Å². The fourth-order valence-electron chi connectivity index (χ4n) is 3.71. The summed E-state index contributed by atoms with van der Waals surface area (Å²) in [4.78, 5) is 15.1. The summed E-state index contributed by atoms with van der Waals surface area (Å²) in [6.45, 7) is 4.79. The van der Waals surface area contributed by atoms with Crippen LogP contribution in [0.3, 0.4) is 0 Å². The van der Waals surface area contributed by atoms with E-state index in [0.717, 1.165) is 11.1 Å². The Morgan fingerprint density at radius 1 is 1.03 bits per heavy atom. The molecule has 0 radical (unpaired) electrons. The molecule has 1 aromatic heterocycles. The molecule has 2 heterocycles. The Morgan fingerprint density at radius 2 is 1.78 bits per heavy atom. The zero-order valence-corrected chi connectivity index (χ0v) is 19.0. The topological polar surface area (TPSA) is 87.5 Å². The van der Waals surface area contributed by atoms with Crippen molar-refractivity contribution in [2.75, 3.05) is 38.5 Å². The number of carbonyl (C=O) groups excluding carboxylic acids is 1. The smallest absolute Gasteiger partial charge is 0.256 e.